The third kappa shape index (κ3) is 4.42. The standard InChI is InChI=1S/C23H26N4O2/c1-17(23(28)25-21-5-3-2-4-20(21)15-24)27-11-9-26(10-12-27)16-18-6-7-22-19(14-18)8-13-29-22/h2-7,14,17H,8-13,16H2,1H3,(H,25,28)/t17-/m1/s1. The van der Waals surface area contributed by atoms with Gasteiger partial charge in [0.2, 0.25) is 5.91 Å². The number of amides is 1. The first-order valence-corrected chi connectivity index (χ1v) is 10.1. The zero-order valence-corrected chi connectivity index (χ0v) is 16.7. The molecule has 2 aromatic carbocycles. The van der Waals surface area contributed by atoms with E-state index in [9.17, 15) is 10.1 Å². The molecule has 1 saturated heterocycles. The molecule has 0 bridgehead atoms. The number of fused-ring (bicyclic) bond motifs is 1. The number of para-hydroxylation sites is 1. The topological polar surface area (TPSA) is 68.6 Å². The van der Waals surface area contributed by atoms with Crippen LogP contribution >= 0.6 is 0 Å². The average molecular weight is 390 g/mol. The lowest BCUT2D eigenvalue weighted by Gasteiger charge is -2.37. The summed E-state index contributed by atoms with van der Waals surface area (Å²) in [7, 11) is 0. The van der Waals surface area contributed by atoms with Crippen molar-refractivity contribution in [1.82, 2.24) is 9.80 Å². The molecule has 2 aromatic rings. The number of carbonyl (C=O) groups is 1. The minimum Gasteiger partial charge on any atom is -0.493 e. The highest BCUT2D eigenvalue weighted by atomic mass is 16.5. The zero-order chi connectivity index (χ0) is 20.2. The van der Waals surface area contributed by atoms with Crippen LogP contribution in [0.15, 0.2) is 42.5 Å². The van der Waals surface area contributed by atoms with Gasteiger partial charge in [0.05, 0.1) is 23.9 Å². The molecule has 1 amide bonds. The van der Waals surface area contributed by atoms with Crippen molar-refractivity contribution in [2.45, 2.75) is 25.9 Å². The van der Waals surface area contributed by atoms with Gasteiger partial charge >= 0.3 is 0 Å². The van der Waals surface area contributed by atoms with E-state index in [1.807, 2.05) is 13.0 Å². The Morgan fingerprint density at radius 3 is 2.79 bits per heavy atom. The number of nitrogens with zero attached hydrogens (tertiary/aromatic N) is 3. The molecule has 2 aliphatic heterocycles. The average Bonchev–Trinajstić information content (AvgIpc) is 3.22. The first-order valence-electron chi connectivity index (χ1n) is 10.1. The van der Waals surface area contributed by atoms with Crippen LogP contribution < -0.4 is 10.1 Å². The van der Waals surface area contributed by atoms with E-state index in [0.29, 0.717) is 11.3 Å². The van der Waals surface area contributed by atoms with Crippen molar-refractivity contribution in [3.05, 3.63) is 59.2 Å². The number of anilines is 1. The summed E-state index contributed by atoms with van der Waals surface area (Å²) in [4.78, 5) is 17.3. The molecule has 2 heterocycles. The van der Waals surface area contributed by atoms with Crippen LogP contribution in [0.5, 0.6) is 5.75 Å². The van der Waals surface area contributed by atoms with Crippen LogP contribution in [0, 0.1) is 11.3 Å². The van der Waals surface area contributed by atoms with Gasteiger partial charge < -0.3 is 10.1 Å². The number of hydrogen-bond acceptors (Lipinski definition) is 5. The summed E-state index contributed by atoms with van der Waals surface area (Å²) in [5.74, 6) is 0.955. The molecule has 0 saturated carbocycles. The van der Waals surface area contributed by atoms with Gasteiger partial charge in [-0.2, -0.15) is 5.26 Å². The minimum absolute atomic E-state index is 0.0697. The number of piperazine rings is 1. The van der Waals surface area contributed by atoms with Crippen LogP contribution in [-0.2, 0) is 17.8 Å². The van der Waals surface area contributed by atoms with E-state index in [1.165, 1.54) is 11.1 Å². The molecule has 1 fully saturated rings. The minimum atomic E-state index is -0.235. The first-order chi connectivity index (χ1) is 14.1. The van der Waals surface area contributed by atoms with E-state index >= 15 is 0 Å². The molecule has 4 rings (SSSR count). The largest absolute Gasteiger partial charge is 0.493 e. The smallest absolute Gasteiger partial charge is 0.241 e. The van der Waals surface area contributed by atoms with Crippen molar-refractivity contribution in [2.24, 2.45) is 0 Å². The highest BCUT2D eigenvalue weighted by Crippen LogP contribution is 2.26. The van der Waals surface area contributed by atoms with Crippen LogP contribution in [0.2, 0.25) is 0 Å². The normalized spacial score (nSPS) is 17.8. The van der Waals surface area contributed by atoms with Gasteiger partial charge in [-0.25, -0.2) is 0 Å². The maximum absolute atomic E-state index is 12.7. The monoisotopic (exact) mass is 390 g/mol. The molecule has 0 unspecified atom stereocenters. The quantitative estimate of drug-likeness (QED) is 0.850. The van der Waals surface area contributed by atoms with E-state index in [1.54, 1.807) is 18.2 Å². The highest BCUT2D eigenvalue weighted by molar-refractivity contribution is 5.95. The maximum atomic E-state index is 12.7. The van der Waals surface area contributed by atoms with Gasteiger partial charge in [0.25, 0.3) is 0 Å². The maximum Gasteiger partial charge on any atom is 0.241 e. The SMILES string of the molecule is C[C@H](C(=O)Nc1ccccc1C#N)N1CCN(Cc2ccc3c(c2)CCO3)CC1. The second-order valence-corrected chi connectivity index (χ2v) is 7.68. The predicted molar refractivity (Wildman–Crippen MR) is 112 cm³/mol. The molecule has 0 radical (unpaired) electrons. The third-order valence-corrected chi connectivity index (χ3v) is 5.80. The Morgan fingerprint density at radius 2 is 2.00 bits per heavy atom. The molecule has 29 heavy (non-hydrogen) atoms. The van der Waals surface area contributed by atoms with Gasteiger partial charge in [0.1, 0.15) is 11.8 Å². The Labute approximate surface area is 171 Å². The molecule has 6 nitrogen and oxygen atoms in total. The molecule has 1 atom stereocenters. The summed E-state index contributed by atoms with van der Waals surface area (Å²) >= 11 is 0. The number of ether oxygens (including phenoxy) is 1. The number of rotatable bonds is 5. The van der Waals surface area contributed by atoms with Gasteiger partial charge in [-0.1, -0.05) is 24.3 Å². The van der Waals surface area contributed by atoms with E-state index in [2.05, 4.69) is 39.4 Å². The number of benzene rings is 2. The van der Waals surface area contributed by atoms with Crippen LogP contribution in [-0.4, -0.2) is 54.5 Å². The van der Waals surface area contributed by atoms with Gasteiger partial charge in [0.15, 0.2) is 0 Å². The van der Waals surface area contributed by atoms with Gasteiger partial charge in [-0.3, -0.25) is 14.6 Å². The Kier molecular flexibility index (Phi) is 5.79. The fourth-order valence-corrected chi connectivity index (χ4v) is 4.00. The number of nitriles is 1. The Balaban J connectivity index is 1.29. The first kappa shape index (κ1) is 19.4. The van der Waals surface area contributed by atoms with Gasteiger partial charge in [0, 0.05) is 39.1 Å². The summed E-state index contributed by atoms with van der Waals surface area (Å²) in [5.41, 5.74) is 3.69. The second kappa shape index (κ2) is 8.64. The van der Waals surface area contributed by atoms with Crippen molar-refractivity contribution < 1.29 is 9.53 Å². The van der Waals surface area contributed by atoms with E-state index < -0.39 is 0 Å². The second-order valence-electron chi connectivity index (χ2n) is 7.68. The molecule has 2 aliphatic rings. The zero-order valence-electron chi connectivity index (χ0n) is 16.7. The molecular formula is C23H26N4O2. The van der Waals surface area contributed by atoms with Crippen LogP contribution in [0.1, 0.15) is 23.6 Å². The van der Waals surface area contributed by atoms with Crippen molar-refractivity contribution in [2.75, 3.05) is 38.1 Å². The molecule has 150 valence electrons. The Hall–Kier alpha value is -2.88. The highest BCUT2D eigenvalue weighted by Gasteiger charge is 2.26. The molecule has 0 aromatic heterocycles. The summed E-state index contributed by atoms with van der Waals surface area (Å²) in [6, 6.07) is 15.5. The number of hydrogen-bond donors (Lipinski definition) is 1. The lowest BCUT2D eigenvalue weighted by molar-refractivity contribution is -0.121. The van der Waals surface area contributed by atoms with E-state index in [-0.39, 0.29) is 11.9 Å². The van der Waals surface area contributed by atoms with Crippen LogP contribution in [0.4, 0.5) is 5.69 Å². The van der Waals surface area contributed by atoms with E-state index in [0.717, 1.165) is 51.5 Å². The Morgan fingerprint density at radius 1 is 1.21 bits per heavy atom. The molecule has 1 N–H and O–H groups in total. The molecule has 0 aliphatic carbocycles. The predicted octanol–water partition coefficient (Wildman–Crippen LogP) is 2.64. The summed E-state index contributed by atoms with van der Waals surface area (Å²) in [6.45, 7) is 7.21. The van der Waals surface area contributed by atoms with Crippen molar-refractivity contribution in [1.29, 1.82) is 5.26 Å². The van der Waals surface area contributed by atoms with Crippen LogP contribution in [0.25, 0.3) is 0 Å². The fourth-order valence-electron chi connectivity index (χ4n) is 4.00. The van der Waals surface area contributed by atoms with Crippen LogP contribution in [0.3, 0.4) is 0 Å². The third-order valence-electron chi connectivity index (χ3n) is 5.80. The Bertz CT molecular complexity index is 929. The lowest BCUT2D eigenvalue weighted by atomic mass is 10.1. The molecular weight excluding hydrogens is 364 g/mol. The van der Waals surface area contributed by atoms with Crippen molar-refractivity contribution in [3.63, 3.8) is 0 Å². The number of carbonyl (C=O) groups excluding carboxylic acids is 1. The summed E-state index contributed by atoms with van der Waals surface area (Å²) in [6.07, 6.45) is 0.999. The lowest BCUT2D eigenvalue weighted by Crippen LogP contribution is -2.52. The van der Waals surface area contributed by atoms with Crippen molar-refractivity contribution in [3.8, 4) is 11.8 Å². The van der Waals surface area contributed by atoms with Gasteiger partial charge in [-0.15, -0.1) is 0 Å². The number of nitrogens with one attached hydrogen (secondary N) is 1. The molecule has 0 spiro atoms. The molecule has 6 heteroatoms. The summed E-state index contributed by atoms with van der Waals surface area (Å²) < 4.78 is 5.59. The van der Waals surface area contributed by atoms with Crippen molar-refractivity contribution >= 4 is 11.6 Å². The van der Waals surface area contributed by atoms with E-state index in [4.69, 9.17) is 4.74 Å². The fraction of sp³-hybridized carbons (Fsp3) is 0.391. The van der Waals surface area contributed by atoms with Gasteiger partial charge in [-0.05, 0) is 36.2 Å². The summed E-state index contributed by atoms with van der Waals surface area (Å²) in [5, 5.41) is 12.1.